The van der Waals surface area contributed by atoms with E-state index in [1.807, 2.05) is 0 Å². The molecule has 0 aliphatic heterocycles. The molecule has 9 heteroatoms. The lowest BCUT2D eigenvalue weighted by molar-refractivity contribution is 0.507. The Kier molecular flexibility index (Phi) is 4.06. The lowest BCUT2D eigenvalue weighted by Gasteiger charge is -2.10. The summed E-state index contributed by atoms with van der Waals surface area (Å²) in [4.78, 5) is 3.04. The topological polar surface area (TPSA) is 101 Å². The van der Waals surface area contributed by atoms with Gasteiger partial charge in [0.15, 0.2) is 0 Å². The third-order valence-corrected chi connectivity index (χ3v) is 6.14. The first kappa shape index (κ1) is 17.7. The maximum absolute atomic E-state index is 13.8. The summed E-state index contributed by atoms with van der Waals surface area (Å²) >= 11 is 0. The van der Waals surface area contributed by atoms with E-state index < -0.39 is 15.8 Å². The molecule has 1 aliphatic rings. The van der Waals surface area contributed by atoms with Crippen molar-refractivity contribution in [3.8, 4) is 11.5 Å². The van der Waals surface area contributed by atoms with E-state index >= 15 is 0 Å². The average Bonchev–Trinajstić information content (AvgIpc) is 3.24. The molecule has 0 bridgehead atoms. The quantitative estimate of drug-likeness (QED) is 0.690. The zero-order valence-corrected chi connectivity index (χ0v) is 15.9. The fourth-order valence-corrected chi connectivity index (χ4v) is 4.55. The predicted molar refractivity (Wildman–Crippen MR) is 97.5 cm³/mol. The van der Waals surface area contributed by atoms with E-state index in [-0.39, 0.29) is 22.4 Å². The maximum Gasteiger partial charge on any atom is 0.264 e. The fourth-order valence-electron chi connectivity index (χ4n) is 3.05. The molecule has 4 rings (SSSR count). The highest BCUT2D eigenvalue weighted by atomic mass is 32.2. The third kappa shape index (κ3) is 3.23. The van der Waals surface area contributed by atoms with Gasteiger partial charge in [0.1, 0.15) is 10.7 Å². The minimum Gasteiger partial charge on any atom is -0.420 e. The van der Waals surface area contributed by atoms with Crippen LogP contribution in [0.25, 0.3) is 11.5 Å². The number of nitrogens with one attached hydrogen (secondary N) is 2. The molecule has 0 atom stereocenters. The average molecular weight is 390 g/mol. The van der Waals surface area contributed by atoms with E-state index in [9.17, 15) is 12.8 Å². The van der Waals surface area contributed by atoms with Crippen LogP contribution in [0.5, 0.6) is 0 Å². The van der Waals surface area contributed by atoms with Crippen LogP contribution in [0.4, 0.5) is 10.1 Å². The number of aryl methyl sites for hydroxylation is 3. The molecule has 1 aromatic carbocycles. The van der Waals surface area contributed by atoms with Gasteiger partial charge >= 0.3 is 0 Å². The summed E-state index contributed by atoms with van der Waals surface area (Å²) in [5, 5.41) is 8.08. The molecule has 27 heavy (non-hydrogen) atoms. The lowest BCUT2D eigenvalue weighted by atomic mass is 10.2. The van der Waals surface area contributed by atoms with Crippen LogP contribution in [-0.2, 0) is 10.0 Å². The molecule has 0 unspecified atom stereocenters. The minimum atomic E-state index is -4.00. The second-order valence-corrected chi connectivity index (χ2v) is 8.49. The summed E-state index contributed by atoms with van der Waals surface area (Å²) in [7, 11) is -4.00. The number of hydrogen-bond donors (Lipinski definition) is 2. The molecule has 1 aliphatic carbocycles. The van der Waals surface area contributed by atoms with Crippen LogP contribution in [-0.4, -0.2) is 23.6 Å². The number of hydrogen-bond acceptors (Lipinski definition) is 5. The van der Waals surface area contributed by atoms with Crippen molar-refractivity contribution in [2.45, 2.75) is 44.4 Å². The molecule has 142 valence electrons. The molecule has 2 N–H and O–H groups in total. The first-order valence-electron chi connectivity index (χ1n) is 8.58. The van der Waals surface area contributed by atoms with Crippen LogP contribution in [0, 0.1) is 26.6 Å². The number of anilines is 1. The summed E-state index contributed by atoms with van der Waals surface area (Å²) in [6.45, 7) is 5.01. The van der Waals surface area contributed by atoms with Crippen molar-refractivity contribution in [3.63, 3.8) is 0 Å². The van der Waals surface area contributed by atoms with E-state index in [1.165, 1.54) is 12.1 Å². The molecule has 0 amide bonds. The van der Waals surface area contributed by atoms with Gasteiger partial charge in [-0.05, 0) is 51.3 Å². The van der Waals surface area contributed by atoms with Crippen molar-refractivity contribution in [2.24, 2.45) is 0 Å². The van der Waals surface area contributed by atoms with Crippen LogP contribution < -0.4 is 4.72 Å². The van der Waals surface area contributed by atoms with Crippen molar-refractivity contribution < 1.29 is 17.2 Å². The Morgan fingerprint density at radius 1 is 1.19 bits per heavy atom. The van der Waals surface area contributed by atoms with Gasteiger partial charge in [0.2, 0.25) is 5.89 Å². The highest BCUT2D eigenvalue weighted by Crippen LogP contribution is 2.41. The number of halogens is 1. The molecule has 3 aromatic rings. The number of H-pyrrole nitrogens is 1. The van der Waals surface area contributed by atoms with E-state index in [0.29, 0.717) is 28.4 Å². The summed E-state index contributed by atoms with van der Waals surface area (Å²) in [5.41, 5.74) is 1.96. The molecule has 2 heterocycles. The van der Waals surface area contributed by atoms with Gasteiger partial charge in [-0.15, -0.1) is 10.2 Å². The number of nitrogens with zero attached hydrogens (tertiary/aromatic N) is 2. The second kappa shape index (κ2) is 6.19. The van der Waals surface area contributed by atoms with Crippen LogP contribution in [0.1, 0.15) is 41.6 Å². The number of aromatic amines is 1. The number of sulfonamides is 1. The summed E-state index contributed by atoms with van der Waals surface area (Å²) in [6.07, 6.45) is 2.00. The molecule has 1 saturated carbocycles. The molecule has 1 fully saturated rings. The Morgan fingerprint density at radius 2 is 1.93 bits per heavy atom. The van der Waals surface area contributed by atoms with Crippen molar-refractivity contribution in [1.29, 1.82) is 0 Å². The van der Waals surface area contributed by atoms with E-state index in [2.05, 4.69) is 19.9 Å². The van der Waals surface area contributed by atoms with Gasteiger partial charge < -0.3 is 9.40 Å². The van der Waals surface area contributed by atoms with Gasteiger partial charge in [-0.25, -0.2) is 12.8 Å². The van der Waals surface area contributed by atoms with Crippen molar-refractivity contribution >= 4 is 15.7 Å². The molecule has 0 radical (unpaired) electrons. The lowest BCUT2D eigenvalue weighted by Crippen LogP contribution is -2.14. The molecule has 0 spiro atoms. The first-order valence-corrected chi connectivity index (χ1v) is 10.1. The summed E-state index contributed by atoms with van der Waals surface area (Å²) < 4.78 is 48.0. The highest BCUT2D eigenvalue weighted by Gasteiger charge is 2.33. The Hall–Kier alpha value is -2.68. The van der Waals surface area contributed by atoms with Crippen LogP contribution >= 0.6 is 0 Å². The third-order valence-electron chi connectivity index (χ3n) is 4.59. The SMILES string of the molecule is Cc1ccc(NS(=O)(=O)c2c(C)[nH]c(C)c2-c2nnc(C3CC3)o2)cc1F. The van der Waals surface area contributed by atoms with Crippen LogP contribution in [0.15, 0.2) is 27.5 Å². The minimum absolute atomic E-state index is 0.0204. The van der Waals surface area contributed by atoms with Gasteiger partial charge in [-0.3, -0.25) is 4.72 Å². The molecular weight excluding hydrogens is 371 g/mol. The Morgan fingerprint density at radius 3 is 2.59 bits per heavy atom. The van der Waals surface area contributed by atoms with Gasteiger partial charge in [-0.2, -0.15) is 0 Å². The van der Waals surface area contributed by atoms with Crippen LogP contribution in [0.3, 0.4) is 0 Å². The number of benzene rings is 1. The highest BCUT2D eigenvalue weighted by molar-refractivity contribution is 7.93. The van der Waals surface area contributed by atoms with Crippen LogP contribution in [0.2, 0.25) is 0 Å². The zero-order valence-electron chi connectivity index (χ0n) is 15.1. The van der Waals surface area contributed by atoms with Gasteiger partial charge in [-0.1, -0.05) is 6.07 Å². The first-order chi connectivity index (χ1) is 12.8. The van der Waals surface area contributed by atoms with Crippen molar-refractivity contribution in [3.05, 3.63) is 46.9 Å². The number of aromatic nitrogens is 3. The van der Waals surface area contributed by atoms with E-state index in [0.717, 1.165) is 18.9 Å². The maximum atomic E-state index is 13.8. The van der Waals surface area contributed by atoms with E-state index in [1.54, 1.807) is 20.8 Å². The zero-order chi connectivity index (χ0) is 19.3. The Balaban J connectivity index is 1.76. The van der Waals surface area contributed by atoms with Crippen molar-refractivity contribution in [1.82, 2.24) is 15.2 Å². The largest absolute Gasteiger partial charge is 0.420 e. The Bertz CT molecular complexity index is 1130. The number of rotatable bonds is 5. The fraction of sp³-hybridized carbons (Fsp3) is 0.333. The predicted octanol–water partition coefficient (Wildman–Crippen LogP) is 3.81. The summed E-state index contributed by atoms with van der Waals surface area (Å²) in [6, 6.07) is 4.19. The van der Waals surface area contributed by atoms with Gasteiger partial charge in [0, 0.05) is 17.3 Å². The summed E-state index contributed by atoms with van der Waals surface area (Å²) in [5.74, 6) is 0.470. The van der Waals surface area contributed by atoms with E-state index in [4.69, 9.17) is 4.42 Å². The monoisotopic (exact) mass is 390 g/mol. The standard InChI is InChI=1S/C18H19FN4O3S/c1-9-4-7-13(8-14(9)19)23-27(24,25)16-11(3)20-10(2)15(16)18-22-21-17(26-18)12-5-6-12/h4,7-8,12,20,23H,5-6H2,1-3H3. The molecule has 2 aromatic heterocycles. The Labute approximate surface area is 156 Å². The normalized spacial score (nSPS) is 14.5. The second-order valence-electron chi connectivity index (χ2n) is 6.87. The van der Waals surface area contributed by atoms with Crippen molar-refractivity contribution in [2.75, 3.05) is 4.72 Å². The van der Waals surface area contributed by atoms with Gasteiger partial charge in [0.05, 0.1) is 11.3 Å². The van der Waals surface area contributed by atoms with Gasteiger partial charge in [0.25, 0.3) is 15.9 Å². The molecular formula is C18H19FN4O3S. The smallest absolute Gasteiger partial charge is 0.264 e. The molecule has 0 saturated heterocycles. The molecule has 7 nitrogen and oxygen atoms in total.